The fourth-order valence-electron chi connectivity index (χ4n) is 2.67. The van der Waals surface area contributed by atoms with E-state index in [4.69, 9.17) is 0 Å². The molecule has 124 valence electrons. The number of hydrogen-bond acceptors (Lipinski definition) is 4. The molecule has 1 atom stereocenters. The molecule has 5 heteroatoms. The van der Waals surface area contributed by atoms with Gasteiger partial charge in [-0.05, 0) is 37.0 Å². The van der Waals surface area contributed by atoms with Crippen LogP contribution in [0.25, 0.3) is 0 Å². The van der Waals surface area contributed by atoms with Crippen LogP contribution in [0.4, 0.5) is 5.82 Å². The lowest BCUT2D eigenvalue weighted by molar-refractivity contribution is 0.686. The average molecular weight is 331 g/mol. The fourth-order valence-corrected chi connectivity index (χ4v) is 3.51. The predicted octanol–water partition coefficient (Wildman–Crippen LogP) is 3.65. The molecule has 0 amide bonds. The zero-order chi connectivity index (χ0) is 16.8. The second-order valence-corrected chi connectivity index (χ2v) is 7.01. The monoisotopic (exact) mass is 331 g/mol. The van der Waals surface area contributed by atoms with Gasteiger partial charge in [0.1, 0.15) is 12.1 Å². The molecule has 0 aliphatic rings. The van der Waals surface area contributed by atoms with Crippen molar-refractivity contribution < 1.29 is 4.21 Å². The molecule has 4 nitrogen and oxygen atoms in total. The highest BCUT2D eigenvalue weighted by atomic mass is 32.2. The summed E-state index contributed by atoms with van der Waals surface area (Å²) < 4.78 is 11.8. The SMILES string of the molecule is CCCc1ncnc(NCc2ccc(C)c(S(C)=O)c2)c1CC. The first-order valence-electron chi connectivity index (χ1n) is 8.06. The molecule has 2 rings (SSSR count). The molecule has 0 bridgehead atoms. The number of anilines is 1. The van der Waals surface area contributed by atoms with Gasteiger partial charge in [0.05, 0.1) is 10.8 Å². The molecule has 1 aromatic carbocycles. The lowest BCUT2D eigenvalue weighted by Crippen LogP contribution is -2.08. The van der Waals surface area contributed by atoms with Crippen LogP contribution in [0.15, 0.2) is 29.4 Å². The third-order valence-electron chi connectivity index (χ3n) is 3.90. The molecule has 0 saturated carbocycles. The van der Waals surface area contributed by atoms with E-state index in [1.54, 1.807) is 12.6 Å². The minimum atomic E-state index is -0.965. The van der Waals surface area contributed by atoms with E-state index in [9.17, 15) is 4.21 Å². The molecule has 1 heterocycles. The second kappa shape index (κ2) is 8.20. The van der Waals surface area contributed by atoms with Gasteiger partial charge in [-0.2, -0.15) is 0 Å². The fraction of sp³-hybridized carbons (Fsp3) is 0.444. The smallest absolute Gasteiger partial charge is 0.133 e. The Morgan fingerprint density at radius 3 is 2.65 bits per heavy atom. The van der Waals surface area contributed by atoms with Crippen molar-refractivity contribution in [1.29, 1.82) is 0 Å². The molecule has 0 fully saturated rings. The van der Waals surface area contributed by atoms with Crippen molar-refractivity contribution in [2.75, 3.05) is 11.6 Å². The number of benzene rings is 1. The Morgan fingerprint density at radius 1 is 1.22 bits per heavy atom. The summed E-state index contributed by atoms with van der Waals surface area (Å²) in [6, 6.07) is 6.10. The Kier molecular flexibility index (Phi) is 6.28. The quantitative estimate of drug-likeness (QED) is 0.841. The lowest BCUT2D eigenvalue weighted by atomic mass is 10.1. The highest BCUT2D eigenvalue weighted by Gasteiger charge is 2.10. The van der Waals surface area contributed by atoms with Gasteiger partial charge in [-0.15, -0.1) is 0 Å². The standard InChI is InChI=1S/C18H25N3OS/c1-5-7-16-15(6-2)18(21-12-20-16)19-11-14-9-8-13(3)17(10-14)23(4)22/h8-10,12H,5-7,11H2,1-4H3,(H,19,20,21). The molecule has 23 heavy (non-hydrogen) atoms. The third kappa shape index (κ3) is 4.38. The van der Waals surface area contributed by atoms with E-state index in [-0.39, 0.29) is 0 Å². The summed E-state index contributed by atoms with van der Waals surface area (Å²) in [5.41, 5.74) is 4.50. The molecule has 1 unspecified atom stereocenters. The summed E-state index contributed by atoms with van der Waals surface area (Å²) in [4.78, 5) is 9.71. The maximum Gasteiger partial charge on any atom is 0.133 e. The highest BCUT2D eigenvalue weighted by molar-refractivity contribution is 7.84. The van der Waals surface area contributed by atoms with Crippen LogP contribution in [0.1, 0.15) is 42.7 Å². The number of nitrogens with zero attached hydrogens (tertiary/aromatic N) is 2. The first-order valence-corrected chi connectivity index (χ1v) is 9.62. The summed E-state index contributed by atoms with van der Waals surface area (Å²) in [7, 11) is -0.965. The van der Waals surface area contributed by atoms with Gasteiger partial charge in [0, 0.05) is 29.0 Å². The van der Waals surface area contributed by atoms with Crippen LogP contribution in [0.3, 0.4) is 0 Å². The van der Waals surface area contributed by atoms with Crippen molar-refractivity contribution >= 4 is 16.6 Å². The van der Waals surface area contributed by atoms with Gasteiger partial charge < -0.3 is 5.32 Å². The van der Waals surface area contributed by atoms with Gasteiger partial charge in [-0.1, -0.05) is 32.4 Å². The first-order chi connectivity index (χ1) is 11.1. The van der Waals surface area contributed by atoms with Crippen LogP contribution in [0.5, 0.6) is 0 Å². The van der Waals surface area contributed by atoms with Crippen molar-refractivity contribution in [1.82, 2.24) is 9.97 Å². The predicted molar refractivity (Wildman–Crippen MR) is 96.2 cm³/mol. The zero-order valence-corrected chi connectivity index (χ0v) is 15.2. The van der Waals surface area contributed by atoms with Gasteiger partial charge >= 0.3 is 0 Å². The normalized spacial score (nSPS) is 12.2. The summed E-state index contributed by atoms with van der Waals surface area (Å²) >= 11 is 0. The Hall–Kier alpha value is -1.75. The van der Waals surface area contributed by atoms with Gasteiger partial charge in [0.25, 0.3) is 0 Å². The molecule has 1 N–H and O–H groups in total. The van der Waals surface area contributed by atoms with Crippen LogP contribution in [-0.4, -0.2) is 20.4 Å². The minimum absolute atomic E-state index is 0.667. The lowest BCUT2D eigenvalue weighted by Gasteiger charge is -2.13. The summed E-state index contributed by atoms with van der Waals surface area (Å²) in [5.74, 6) is 0.908. The van der Waals surface area contributed by atoms with E-state index < -0.39 is 10.8 Å². The van der Waals surface area contributed by atoms with Crippen molar-refractivity contribution in [2.45, 2.75) is 51.5 Å². The molecule has 0 aliphatic carbocycles. The highest BCUT2D eigenvalue weighted by Crippen LogP contribution is 2.20. The number of aryl methyl sites for hydroxylation is 2. The average Bonchev–Trinajstić information content (AvgIpc) is 2.54. The number of nitrogens with one attached hydrogen (secondary N) is 1. The number of hydrogen-bond donors (Lipinski definition) is 1. The summed E-state index contributed by atoms with van der Waals surface area (Å²) in [5, 5.41) is 3.41. The van der Waals surface area contributed by atoms with Crippen LogP contribution >= 0.6 is 0 Å². The molecular formula is C18H25N3OS. The molecule has 0 aliphatic heterocycles. The third-order valence-corrected chi connectivity index (χ3v) is 4.96. The van der Waals surface area contributed by atoms with Crippen LogP contribution in [-0.2, 0) is 30.2 Å². The van der Waals surface area contributed by atoms with Crippen molar-refractivity contribution in [2.24, 2.45) is 0 Å². The van der Waals surface area contributed by atoms with Gasteiger partial charge in [0.15, 0.2) is 0 Å². The largest absolute Gasteiger partial charge is 0.366 e. The van der Waals surface area contributed by atoms with Crippen molar-refractivity contribution in [3.8, 4) is 0 Å². The number of rotatable bonds is 7. The van der Waals surface area contributed by atoms with Crippen molar-refractivity contribution in [3.05, 3.63) is 46.9 Å². The minimum Gasteiger partial charge on any atom is -0.366 e. The molecule has 1 aromatic heterocycles. The Balaban J connectivity index is 2.19. The first kappa shape index (κ1) is 17.6. The van der Waals surface area contributed by atoms with Crippen LogP contribution < -0.4 is 5.32 Å². The van der Waals surface area contributed by atoms with E-state index in [0.717, 1.165) is 46.8 Å². The van der Waals surface area contributed by atoms with Crippen LogP contribution in [0.2, 0.25) is 0 Å². The Bertz CT molecular complexity index is 701. The van der Waals surface area contributed by atoms with Gasteiger partial charge in [-0.25, -0.2) is 9.97 Å². The molecule has 0 radical (unpaired) electrons. The molecule has 0 spiro atoms. The van der Waals surface area contributed by atoms with E-state index in [2.05, 4.69) is 35.2 Å². The van der Waals surface area contributed by atoms with E-state index in [0.29, 0.717) is 6.54 Å². The van der Waals surface area contributed by atoms with Crippen molar-refractivity contribution in [3.63, 3.8) is 0 Å². The Morgan fingerprint density at radius 2 is 2.00 bits per heavy atom. The van der Waals surface area contributed by atoms with E-state index in [1.165, 1.54) is 5.56 Å². The number of aromatic nitrogens is 2. The summed E-state index contributed by atoms with van der Waals surface area (Å²) in [6.07, 6.45) is 6.32. The maximum absolute atomic E-state index is 11.8. The summed E-state index contributed by atoms with van der Waals surface area (Å²) in [6.45, 7) is 6.95. The van der Waals surface area contributed by atoms with Gasteiger partial charge in [0.2, 0.25) is 0 Å². The molecule has 0 saturated heterocycles. The zero-order valence-electron chi connectivity index (χ0n) is 14.3. The van der Waals surface area contributed by atoms with E-state index >= 15 is 0 Å². The second-order valence-electron chi connectivity index (χ2n) is 5.66. The van der Waals surface area contributed by atoms with Gasteiger partial charge in [-0.3, -0.25) is 4.21 Å². The molecular weight excluding hydrogens is 306 g/mol. The van der Waals surface area contributed by atoms with E-state index in [1.807, 2.05) is 19.1 Å². The van der Waals surface area contributed by atoms with Crippen LogP contribution in [0, 0.1) is 6.92 Å². The Labute approximate surface area is 141 Å². The molecule has 2 aromatic rings. The topological polar surface area (TPSA) is 54.9 Å². The maximum atomic E-state index is 11.8.